The predicted octanol–water partition coefficient (Wildman–Crippen LogP) is -0.180. The molecule has 0 aliphatic carbocycles. The van der Waals surface area contributed by atoms with Crippen molar-refractivity contribution in [1.29, 1.82) is 0 Å². The second-order valence-electron chi connectivity index (χ2n) is 7.37. The molecule has 9 nitrogen and oxygen atoms in total. The molecular weight excluding hydrogens is 352 g/mol. The molecule has 148 valence electrons. The lowest BCUT2D eigenvalue weighted by atomic mass is 10.1. The molecule has 1 aliphatic heterocycles. The molecule has 3 N–H and O–H groups in total. The van der Waals surface area contributed by atoms with Gasteiger partial charge in [0, 0.05) is 5.54 Å². The summed E-state index contributed by atoms with van der Waals surface area (Å²) in [7, 11) is 1.64. The number of hydrogen-bond donors (Lipinski definition) is 3. The Morgan fingerprint density at radius 3 is 2.37 bits per heavy atom. The van der Waals surface area contributed by atoms with E-state index in [4.69, 9.17) is 9.47 Å². The first-order valence-electron chi connectivity index (χ1n) is 8.61. The monoisotopic (exact) mass is 378 g/mol. The Morgan fingerprint density at radius 1 is 1.07 bits per heavy atom. The van der Waals surface area contributed by atoms with Gasteiger partial charge in [0.15, 0.2) is 11.5 Å². The van der Waals surface area contributed by atoms with Gasteiger partial charge in [-0.15, -0.1) is 0 Å². The van der Waals surface area contributed by atoms with Gasteiger partial charge in [-0.3, -0.25) is 30.1 Å². The summed E-state index contributed by atoms with van der Waals surface area (Å²) in [5.41, 5.74) is 4.28. The fourth-order valence-electron chi connectivity index (χ4n) is 2.40. The number of nitrogens with one attached hydrogen (secondary N) is 3. The van der Waals surface area contributed by atoms with Gasteiger partial charge in [-0.25, -0.2) is 0 Å². The second-order valence-corrected chi connectivity index (χ2v) is 7.37. The van der Waals surface area contributed by atoms with Crippen molar-refractivity contribution in [1.82, 2.24) is 21.1 Å². The van der Waals surface area contributed by atoms with Crippen molar-refractivity contribution in [3.8, 4) is 11.5 Å². The predicted molar refractivity (Wildman–Crippen MR) is 98.0 cm³/mol. The van der Waals surface area contributed by atoms with Crippen molar-refractivity contribution in [3.63, 3.8) is 0 Å². The van der Waals surface area contributed by atoms with Crippen molar-refractivity contribution in [2.24, 2.45) is 0 Å². The zero-order valence-corrected chi connectivity index (χ0v) is 16.0. The molecule has 0 bridgehead atoms. The fraction of sp³-hybridized carbons (Fsp3) is 0.500. The summed E-state index contributed by atoms with van der Waals surface area (Å²) in [4.78, 5) is 37.4. The molecule has 1 aromatic rings. The average molecular weight is 378 g/mol. The number of carbonyl (C=O) groups is 3. The molecule has 9 heteroatoms. The highest BCUT2D eigenvalue weighted by molar-refractivity contribution is 5.86. The Hall–Kier alpha value is -2.81. The summed E-state index contributed by atoms with van der Waals surface area (Å²) < 4.78 is 11.0. The minimum absolute atomic E-state index is 0.0472. The molecular formula is C18H26N4O5. The number of para-hydroxylation sites is 2. The quantitative estimate of drug-likeness (QED) is 0.614. The van der Waals surface area contributed by atoms with E-state index in [1.807, 2.05) is 20.8 Å². The van der Waals surface area contributed by atoms with Gasteiger partial charge in [-0.05, 0) is 40.0 Å². The highest BCUT2D eigenvalue weighted by Crippen LogP contribution is 2.30. The van der Waals surface area contributed by atoms with E-state index in [1.54, 1.807) is 36.2 Å². The Kier molecular flexibility index (Phi) is 6.62. The fourth-order valence-corrected chi connectivity index (χ4v) is 2.40. The number of carbonyl (C=O) groups excluding carboxylic acids is 3. The number of rotatable bonds is 5. The van der Waals surface area contributed by atoms with E-state index in [9.17, 15) is 14.4 Å². The summed E-state index contributed by atoms with van der Waals surface area (Å²) >= 11 is 0. The van der Waals surface area contributed by atoms with Crippen molar-refractivity contribution < 1.29 is 23.9 Å². The second kappa shape index (κ2) is 8.72. The van der Waals surface area contributed by atoms with Crippen LogP contribution in [0.3, 0.4) is 0 Å². The number of amides is 3. The molecule has 1 aromatic carbocycles. The number of fused-ring (bicyclic) bond motifs is 1. The van der Waals surface area contributed by atoms with Crippen LogP contribution in [0.15, 0.2) is 24.3 Å². The third-order valence-corrected chi connectivity index (χ3v) is 3.47. The van der Waals surface area contributed by atoms with Crippen molar-refractivity contribution in [2.45, 2.75) is 32.4 Å². The van der Waals surface area contributed by atoms with Crippen LogP contribution in [0.1, 0.15) is 20.8 Å². The normalized spacial score (nSPS) is 15.8. The minimum Gasteiger partial charge on any atom is -0.485 e. The van der Waals surface area contributed by atoms with Crippen LogP contribution in [0, 0.1) is 0 Å². The molecule has 0 aromatic heterocycles. The SMILES string of the molecule is CN(CC(=O)NNC(=O)[C@@H]1COc2ccccc2O1)CC(=O)NC(C)(C)C. The molecule has 2 rings (SSSR count). The first-order chi connectivity index (χ1) is 12.6. The Labute approximate surface area is 158 Å². The molecule has 0 spiro atoms. The third kappa shape index (κ3) is 6.78. The standard InChI is InChI=1S/C18H26N4O5/c1-18(2,3)19-15(23)9-22(4)10-16(24)20-21-17(25)14-11-26-12-7-5-6-8-13(12)27-14/h5-8,14H,9-11H2,1-4H3,(H,19,23)(H,20,24)(H,21,25)/t14-/m0/s1. The lowest BCUT2D eigenvalue weighted by Gasteiger charge is -2.25. The van der Waals surface area contributed by atoms with E-state index in [0.717, 1.165) is 0 Å². The average Bonchev–Trinajstić information content (AvgIpc) is 2.57. The number of likely N-dealkylation sites (N-methyl/N-ethyl adjacent to an activating group) is 1. The maximum absolute atomic E-state index is 12.1. The molecule has 0 fully saturated rings. The first-order valence-corrected chi connectivity index (χ1v) is 8.61. The number of hydrazine groups is 1. The molecule has 1 atom stereocenters. The van der Waals surface area contributed by atoms with Crippen molar-refractivity contribution >= 4 is 17.7 Å². The first kappa shape index (κ1) is 20.5. The van der Waals surface area contributed by atoms with Gasteiger partial charge < -0.3 is 14.8 Å². The van der Waals surface area contributed by atoms with Crippen LogP contribution in [0.4, 0.5) is 0 Å². The van der Waals surface area contributed by atoms with Gasteiger partial charge in [0.2, 0.25) is 12.0 Å². The van der Waals surface area contributed by atoms with Crippen LogP contribution in [-0.4, -0.2) is 61.0 Å². The zero-order valence-electron chi connectivity index (χ0n) is 16.0. The van der Waals surface area contributed by atoms with E-state index in [-0.39, 0.29) is 31.1 Å². The van der Waals surface area contributed by atoms with E-state index in [0.29, 0.717) is 11.5 Å². The maximum atomic E-state index is 12.1. The molecule has 0 unspecified atom stereocenters. The van der Waals surface area contributed by atoms with Crippen molar-refractivity contribution in [2.75, 3.05) is 26.7 Å². The van der Waals surface area contributed by atoms with Gasteiger partial charge in [0.1, 0.15) is 6.61 Å². The third-order valence-electron chi connectivity index (χ3n) is 3.47. The summed E-state index contributed by atoms with van der Waals surface area (Å²) in [6, 6.07) is 7.03. The van der Waals surface area contributed by atoms with Crippen LogP contribution in [-0.2, 0) is 14.4 Å². The van der Waals surface area contributed by atoms with Crippen LogP contribution in [0.25, 0.3) is 0 Å². The summed E-state index contributed by atoms with van der Waals surface area (Å²) in [6.07, 6.45) is -0.865. The molecule has 3 amide bonds. The largest absolute Gasteiger partial charge is 0.485 e. The molecule has 1 aliphatic rings. The zero-order chi connectivity index (χ0) is 20.0. The number of nitrogens with zero attached hydrogens (tertiary/aromatic N) is 1. The molecule has 0 saturated heterocycles. The van der Waals surface area contributed by atoms with Crippen LogP contribution in [0.5, 0.6) is 11.5 Å². The van der Waals surface area contributed by atoms with Gasteiger partial charge in [0.25, 0.3) is 11.8 Å². The highest BCUT2D eigenvalue weighted by atomic mass is 16.6. The van der Waals surface area contributed by atoms with Gasteiger partial charge in [0.05, 0.1) is 13.1 Å². The van der Waals surface area contributed by atoms with Crippen LogP contribution in [0.2, 0.25) is 0 Å². The summed E-state index contributed by atoms with van der Waals surface area (Å²) in [5, 5.41) is 2.81. The van der Waals surface area contributed by atoms with E-state index < -0.39 is 17.9 Å². The number of ether oxygens (including phenoxy) is 2. The minimum atomic E-state index is -0.865. The van der Waals surface area contributed by atoms with Gasteiger partial charge in [-0.2, -0.15) is 0 Å². The smallest absolute Gasteiger partial charge is 0.283 e. The highest BCUT2D eigenvalue weighted by Gasteiger charge is 2.27. The Bertz CT molecular complexity index is 701. The molecule has 0 saturated carbocycles. The van der Waals surface area contributed by atoms with E-state index in [1.165, 1.54) is 0 Å². The summed E-state index contributed by atoms with van der Waals surface area (Å²) in [6.45, 7) is 5.69. The molecule has 27 heavy (non-hydrogen) atoms. The Balaban J connectivity index is 1.72. The number of hydrogen-bond acceptors (Lipinski definition) is 6. The lowest BCUT2D eigenvalue weighted by Crippen LogP contribution is -2.53. The van der Waals surface area contributed by atoms with E-state index >= 15 is 0 Å². The van der Waals surface area contributed by atoms with Crippen molar-refractivity contribution in [3.05, 3.63) is 24.3 Å². The molecule has 1 heterocycles. The number of benzene rings is 1. The summed E-state index contributed by atoms with van der Waals surface area (Å²) in [5.74, 6) is -0.119. The molecule has 0 radical (unpaired) electrons. The lowest BCUT2D eigenvalue weighted by molar-refractivity contribution is -0.135. The van der Waals surface area contributed by atoms with Gasteiger partial charge in [-0.1, -0.05) is 12.1 Å². The van der Waals surface area contributed by atoms with E-state index in [2.05, 4.69) is 16.2 Å². The topological polar surface area (TPSA) is 109 Å². The van der Waals surface area contributed by atoms with Crippen LogP contribution < -0.4 is 25.6 Å². The van der Waals surface area contributed by atoms with Crippen LogP contribution >= 0.6 is 0 Å². The van der Waals surface area contributed by atoms with Gasteiger partial charge >= 0.3 is 0 Å². The Morgan fingerprint density at radius 2 is 1.70 bits per heavy atom. The maximum Gasteiger partial charge on any atom is 0.283 e.